The maximum atomic E-state index is 11.8. The van der Waals surface area contributed by atoms with Gasteiger partial charge in [-0.2, -0.15) is 0 Å². The third-order valence-electron chi connectivity index (χ3n) is 2.28. The highest BCUT2D eigenvalue weighted by Crippen LogP contribution is 2.24. The molecular weight excluding hydrogens is 216 g/mol. The lowest BCUT2D eigenvalue weighted by molar-refractivity contribution is -0.113. The van der Waals surface area contributed by atoms with Crippen LogP contribution in [-0.2, 0) is 9.47 Å². The Hall–Kier alpha value is -2.03. The number of ketones is 1. The average molecular weight is 230 g/mol. The van der Waals surface area contributed by atoms with Crippen LogP contribution in [0.5, 0.6) is 0 Å². The zero-order valence-corrected chi connectivity index (χ0v) is 9.84. The number of carbonyl (C=O) groups excluding carboxylic acids is 1. The Morgan fingerprint density at radius 2 is 1.94 bits per heavy atom. The summed E-state index contributed by atoms with van der Waals surface area (Å²) in [5, 5.41) is 0. The fourth-order valence-electron chi connectivity index (χ4n) is 1.46. The molecule has 1 heterocycles. The number of hydrogen-bond donors (Lipinski definition) is 0. The normalized spacial score (nSPS) is 17.4. The molecule has 0 atom stereocenters. The van der Waals surface area contributed by atoms with Gasteiger partial charge in [0.25, 0.3) is 0 Å². The third-order valence-corrected chi connectivity index (χ3v) is 2.28. The van der Waals surface area contributed by atoms with E-state index in [4.69, 9.17) is 9.47 Å². The van der Waals surface area contributed by atoms with Gasteiger partial charge in [-0.3, -0.25) is 4.79 Å². The molecule has 3 nitrogen and oxygen atoms in total. The highest BCUT2D eigenvalue weighted by molar-refractivity contribution is 6.04. The minimum atomic E-state index is -0.643. The van der Waals surface area contributed by atoms with Crippen molar-refractivity contribution in [3.05, 3.63) is 60.1 Å². The summed E-state index contributed by atoms with van der Waals surface area (Å²) in [6.07, 6.45) is 4.60. The molecule has 0 aliphatic carbocycles. The van der Waals surface area contributed by atoms with E-state index in [-0.39, 0.29) is 5.78 Å². The van der Waals surface area contributed by atoms with E-state index in [1.54, 1.807) is 18.2 Å². The Bertz CT molecular complexity index is 470. The Morgan fingerprint density at radius 1 is 1.24 bits per heavy atom. The fraction of sp³-hybridized carbons (Fsp3) is 0.214. The first kappa shape index (κ1) is 11.5. The first-order chi connectivity index (χ1) is 8.07. The van der Waals surface area contributed by atoms with Gasteiger partial charge in [-0.05, 0) is 12.2 Å². The smallest absolute Gasteiger partial charge is 0.245 e. The average Bonchev–Trinajstić information content (AvgIpc) is 2.67. The second-order valence-corrected chi connectivity index (χ2v) is 4.20. The van der Waals surface area contributed by atoms with Gasteiger partial charge in [0.05, 0.1) is 0 Å². The second kappa shape index (κ2) is 4.45. The lowest BCUT2D eigenvalue weighted by Crippen LogP contribution is -2.19. The molecule has 0 aromatic heterocycles. The first-order valence-electron chi connectivity index (χ1n) is 5.41. The molecule has 1 aromatic rings. The molecule has 1 aliphatic heterocycles. The lowest BCUT2D eigenvalue weighted by atomic mass is 10.1. The summed E-state index contributed by atoms with van der Waals surface area (Å²) in [4.78, 5) is 11.8. The Labute approximate surface area is 100 Å². The van der Waals surface area contributed by atoms with Gasteiger partial charge in [-0.1, -0.05) is 30.3 Å². The van der Waals surface area contributed by atoms with Crippen molar-refractivity contribution >= 4 is 5.78 Å². The largest absolute Gasteiger partial charge is 0.457 e. The summed E-state index contributed by atoms with van der Waals surface area (Å²) in [5.74, 6) is -0.144. The molecular formula is C14H14O3. The van der Waals surface area contributed by atoms with Crippen molar-refractivity contribution in [2.75, 3.05) is 0 Å². The van der Waals surface area contributed by atoms with Crippen LogP contribution in [-0.4, -0.2) is 11.6 Å². The van der Waals surface area contributed by atoms with Crippen molar-refractivity contribution < 1.29 is 14.3 Å². The standard InChI is InChI=1S/C14H14O3/c1-14(2)16-10-12(17-14)8-9-13(15)11-6-4-3-5-7-11/h3-10H,1-2H3/b9-8+. The molecule has 2 rings (SSSR count). The SMILES string of the molecule is CC1(C)OC=C(/C=C/C(=O)c2ccccc2)O1. The monoisotopic (exact) mass is 230 g/mol. The van der Waals surface area contributed by atoms with Gasteiger partial charge >= 0.3 is 0 Å². The molecule has 0 unspecified atom stereocenters. The lowest BCUT2D eigenvalue weighted by Gasteiger charge is -2.17. The summed E-state index contributed by atoms with van der Waals surface area (Å²) in [6.45, 7) is 3.62. The molecule has 0 saturated carbocycles. The number of hydrogen-bond acceptors (Lipinski definition) is 3. The summed E-state index contributed by atoms with van der Waals surface area (Å²) in [5.41, 5.74) is 0.655. The van der Waals surface area contributed by atoms with Crippen LogP contribution in [0.25, 0.3) is 0 Å². The number of allylic oxidation sites excluding steroid dienone is 2. The van der Waals surface area contributed by atoms with Crippen molar-refractivity contribution in [3.63, 3.8) is 0 Å². The van der Waals surface area contributed by atoms with Crippen LogP contribution in [0.3, 0.4) is 0 Å². The molecule has 0 fully saturated rings. The fourth-order valence-corrected chi connectivity index (χ4v) is 1.46. The number of ether oxygens (including phenoxy) is 2. The molecule has 0 bridgehead atoms. The first-order valence-corrected chi connectivity index (χ1v) is 5.41. The van der Waals surface area contributed by atoms with Crippen molar-refractivity contribution in [2.45, 2.75) is 19.6 Å². The Balaban J connectivity index is 2.01. The predicted molar refractivity (Wildman–Crippen MR) is 64.2 cm³/mol. The quantitative estimate of drug-likeness (QED) is 0.591. The van der Waals surface area contributed by atoms with Gasteiger partial charge in [0.15, 0.2) is 11.5 Å². The Kier molecular flexibility index (Phi) is 3.00. The zero-order valence-electron chi connectivity index (χ0n) is 9.84. The van der Waals surface area contributed by atoms with Crippen molar-refractivity contribution in [3.8, 4) is 0 Å². The minimum absolute atomic E-state index is 0.0557. The third kappa shape index (κ3) is 2.97. The topological polar surface area (TPSA) is 35.5 Å². The second-order valence-electron chi connectivity index (χ2n) is 4.20. The molecule has 1 aromatic carbocycles. The van der Waals surface area contributed by atoms with E-state index in [9.17, 15) is 4.79 Å². The summed E-state index contributed by atoms with van der Waals surface area (Å²) in [7, 11) is 0. The van der Waals surface area contributed by atoms with Crippen LogP contribution < -0.4 is 0 Å². The van der Waals surface area contributed by atoms with E-state index in [2.05, 4.69) is 0 Å². The molecule has 0 N–H and O–H groups in total. The van der Waals surface area contributed by atoms with E-state index in [1.165, 1.54) is 12.3 Å². The van der Waals surface area contributed by atoms with Gasteiger partial charge in [-0.15, -0.1) is 0 Å². The highest BCUT2D eigenvalue weighted by atomic mass is 16.7. The van der Waals surface area contributed by atoms with Gasteiger partial charge in [0.1, 0.15) is 6.26 Å². The number of benzene rings is 1. The Morgan fingerprint density at radius 3 is 2.53 bits per heavy atom. The van der Waals surface area contributed by atoms with E-state index >= 15 is 0 Å². The van der Waals surface area contributed by atoms with Crippen molar-refractivity contribution in [2.24, 2.45) is 0 Å². The van der Waals surface area contributed by atoms with Crippen LogP contribution >= 0.6 is 0 Å². The molecule has 17 heavy (non-hydrogen) atoms. The van der Waals surface area contributed by atoms with Gasteiger partial charge in [0, 0.05) is 19.4 Å². The number of carbonyl (C=O) groups is 1. The number of rotatable bonds is 3. The van der Waals surface area contributed by atoms with Crippen LogP contribution in [0.15, 0.2) is 54.5 Å². The van der Waals surface area contributed by atoms with Gasteiger partial charge in [-0.25, -0.2) is 0 Å². The molecule has 0 amide bonds. The van der Waals surface area contributed by atoms with Crippen molar-refractivity contribution in [1.29, 1.82) is 0 Å². The van der Waals surface area contributed by atoms with E-state index in [0.29, 0.717) is 11.3 Å². The molecule has 0 spiro atoms. The molecule has 0 saturated heterocycles. The van der Waals surface area contributed by atoms with E-state index in [0.717, 1.165) is 0 Å². The summed E-state index contributed by atoms with van der Waals surface area (Å²) in [6, 6.07) is 9.09. The van der Waals surface area contributed by atoms with Gasteiger partial charge < -0.3 is 9.47 Å². The van der Waals surface area contributed by atoms with Crippen LogP contribution in [0, 0.1) is 0 Å². The van der Waals surface area contributed by atoms with Crippen LogP contribution in [0.4, 0.5) is 0 Å². The van der Waals surface area contributed by atoms with Crippen molar-refractivity contribution in [1.82, 2.24) is 0 Å². The van der Waals surface area contributed by atoms with E-state index in [1.807, 2.05) is 32.0 Å². The molecule has 3 heteroatoms. The predicted octanol–water partition coefficient (Wildman–Crippen LogP) is 3.05. The van der Waals surface area contributed by atoms with Gasteiger partial charge in [0.2, 0.25) is 5.79 Å². The minimum Gasteiger partial charge on any atom is -0.457 e. The zero-order chi connectivity index (χ0) is 12.3. The molecule has 88 valence electrons. The molecule has 0 radical (unpaired) electrons. The summed E-state index contributed by atoms with van der Waals surface area (Å²) >= 11 is 0. The maximum Gasteiger partial charge on any atom is 0.245 e. The summed E-state index contributed by atoms with van der Waals surface area (Å²) < 4.78 is 10.7. The maximum absolute atomic E-state index is 11.8. The van der Waals surface area contributed by atoms with E-state index < -0.39 is 5.79 Å². The van der Waals surface area contributed by atoms with Crippen LogP contribution in [0.2, 0.25) is 0 Å². The van der Waals surface area contributed by atoms with Crippen LogP contribution in [0.1, 0.15) is 24.2 Å². The highest BCUT2D eigenvalue weighted by Gasteiger charge is 2.26. The molecule has 1 aliphatic rings.